The molecule has 0 amide bonds. The number of esters is 1. The van der Waals surface area contributed by atoms with Gasteiger partial charge in [0.25, 0.3) is 0 Å². The SMILES string of the molecule is CC[N+](CC)(CC)CCOC(=O)CCS. The second-order valence-electron chi connectivity index (χ2n) is 3.71. The number of hydrogen-bond acceptors (Lipinski definition) is 3. The van der Waals surface area contributed by atoms with Crippen molar-refractivity contribution in [1.82, 2.24) is 0 Å². The van der Waals surface area contributed by atoms with Gasteiger partial charge in [-0.15, -0.1) is 0 Å². The highest BCUT2D eigenvalue weighted by Crippen LogP contribution is 2.05. The van der Waals surface area contributed by atoms with Crippen LogP contribution in [-0.2, 0) is 9.53 Å². The molecule has 0 aromatic heterocycles. The summed E-state index contributed by atoms with van der Waals surface area (Å²) in [7, 11) is 0. The molecule has 0 fully saturated rings. The molecule has 0 rings (SSSR count). The predicted molar refractivity (Wildman–Crippen MR) is 66.2 cm³/mol. The molecule has 0 saturated carbocycles. The molecule has 0 atom stereocenters. The fraction of sp³-hybridized carbons (Fsp3) is 0.909. The van der Waals surface area contributed by atoms with Crippen LogP contribution in [0.4, 0.5) is 0 Å². The zero-order chi connectivity index (χ0) is 11.7. The number of thiol groups is 1. The van der Waals surface area contributed by atoms with Crippen LogP contribution in [0.15, 0.2) is 0 Å². The average Bonchev–Trinajstić information content (AvgIpc) is 2.25. The molecule has 15 heavy (non-hydrogen) atoms. The molecule has 0 unspecified atom stereocenters. The monoisotopic (exact) mass is 234 g/mol. The van der Waals surface area contributed by atoms with Gasteiger partial charge in [0.2, 0.25) is 0 Å². The Balaban J connectivity index is 3.85. The van der Waals surface area contributed by atoms with Crippen LogP contribution in [0.1, 0.15) is 27.2 Å². The summed E-state index contributed by atoms with van der Waals surface area (Å²) in [6.45, 7) is 11.3. The van der Waals surface area contributed by atoms with Gasteiger partial charge in [0.1, 0.15) is 13.2 Å². The summed E-state index contributed by atoms with van der Waals surface area (Å²) in [5, 5.41) is 0. The minimum Gasteiger partial charge on any atom is -0.460 e. The van der Waals surface area contributed by atoms with Gasteiger partial charge in [-0.05, 0) is 20.8 Å². The van der Waals surface area contributed by atoms with Gasteiger partial charge in [-0.25, -0.2) is 0 Å². The predicted octanol–water partition coefficient (Wildman–Crippen LogP) is 1.73. The van der Waals surface area contributed by atoms with Gasteiger partial charge in [-0.2, -0.15) is 12.6 Å². The van der Waals surface area contributed by atoms with E-state index in [0.717, 1.165) is 30.7 Å². The molecule has 0 aromatic rings. The van der Waals surface area contributed by atoms with Gasteiger partial charge in [-0.3, -0.25) is 4.79 Å². The number of rotatable bonds is 8. The second kappa shape index (κ2) is 7.99. The number of carbonyl (C=O) groups is 1. The van der Waals surface area contributed by atoms with E-state index >= 15 is 0 Å². The molecule has 3 nitrogen and oxygen atoms in total. The first kappa shape index (κ1) is 14.8. The quantitative estimate of drug-likeness (QED) is 0.393. The maximum absolute atomic E-state index is 11.1. The molecule has 0 aliphatic rings. The van der Waals surface area contributed by atoms with Crippen molar-refractivity contribution in [3.63, 3.8) is 0 Å². The van der Waals surface area contributed by atoms with Gasteiger partial charge in [0.05, 0.1) is 26.1 Å². The molecule has 0 saturated heterocycles. The van der Waals surface area contributed by atoms with Gasteiger partial charge < -0.3 is 9.22 Å². The van der Waals surface area contributed by atoms with E-state index in [-0.39, 0.29) is 5.97 Å². The van der Waals surface area contributed by atoms with Gasteiger partial charge in [0.15, 0.2) is 0 Å². The summed E-state index contributed by atoms with van der Waals surface area (Å²) >= 11 is 3.99. The molecule has 0 spiro atoms. The van der Waals surface area contributed by atoms with Crippen molar-refractivity contribution in [2.45, 2.75) is 27.2 Å². The first-order chi connectivity index (χ1) is 7.14. The van der Waals surface area contributed by atoms with Crippen LogP contribution in [0.3, 0.4) is 0 Å². The lowest BCUT2D eigenvalue weighted by molar-refractivity contribution is -0.923. The molecule has 0 aliphatic carbocycles. The smallest absolute Gasteiger partial charge is 0.306 e. The minimum atomic E-state index is -0.133. The Morgan fingerprint density at radius 2 is 1.73 bits per heavy atom. The lowest BCUT2D eigenvalue weighted by Gasteiger charge is -2.35. The van der Waals surface area contributed by atoms with E-state index in [1.165, 1.54) is 0 Å². The van der Waals surface area contributed by atoms with Gasteiger partial charge >= 0.3 is 5.97 Å². The summed E-state index contributed by atoms with van der Waals surface area (Å²) in [4.78, 5) is 11.1. The molecule has 0 heterocycles. The van der Waals surface area contributed by atoms with Gasteiger partial charge in [-0.1, -0.05) is 0 Å². The standard InChI is InChI=1S/C11H23NO2S/c1-4-12(5-2,6-3)8-9-14-11(13)7-10-15/h4-10H2,1-3H3/p+1. The van der Waals surface area contributed by atoms with Crippen LogP contribution in [0.25, 0.3) is 0 Å². The van der Waals surface area contributed by atoms with Crippen molar-refractivity contribution >= 4 is 18.6 Å². The highest BCUT2D eigenvalue weighted by molar-refractivity contribution is 7.80. The molecule has 4 heteroatoms. The first-order valence-corrected chi connectivity index (χ1v) is 6.39. The molecular weight excluding hydrogens is 210 g/mol. The largest absolute Gasteiger partial charge is 0.460 e. The van der Waals surface area contributed by atoms with E-state index in [9.17, 15) is 4.79 Å². The van der Waals surface area contributed by atoms with Crippen molar-refractivity contribution in [2.75, 3.05) is 38.5 Å². The second-order valence-corrected chi connectivity index (χ2v) is 4.16. The van der Waals surface area contributed by atoms with E-state index in [2.05, 4.69) is 33.4 Å². The van der Waals surface area contributed by atoms with Gasteiger partial charge in [0, 0.05) is 5.75 Å². The zero-order valence-corrected chi connectivity index (χ0v) is 11.1. The van der Waals surface area contributed by atoms with Crippen molar-refractivity contribution in [3.8, 4) is 0 Å². The van der Waals surface area contributed by atoms with Crippen molar-refractivity contribution < 1.29 is 14.0 Å². The highest BCUT2D eigenvalue weighted by Gasteiger charge is 2.20. The zero-order valence-electron chi connectivity index (χ0n) is 10.2. The molecular formula is C11H24NO2S+. The van der Waals surface area contributed by atoms with Crippen LogP contribution in [0, 0.1) is 0 Å². The molecule has 0 bridgehead atoms. The van der Waals surface area contributed by atoms with Crippen LogP contribution in [-0.4, -0.2) is 49.0 Å². The Labute approximate surface area is 98.8 Å². The summed E-state index contributed by atoms with van der Waals surface area (Å²) in [6.07, 6.45) is 0.410. The molecule has 0 radical (unpaired) electrons. The lowest BCUT2D eigenvalue weighted by Crippen LogP contribution is -2.49. The van der Waals surface area contributed by atoms with Crippen LogP contribution in [0.5, 0.6) is 0 Å². The average molecular weight is 234 g/mol. The van der Waals surface area contributed by atoms with Crippen LogP contribution in [0.2, 0.25) is 0 Å². The summed E-state index contributed by atoms with van der Waals surface area (Å²) in [6, 6.07) is 0. The third-order valence-electron chi connectivity index (χ3n) is 3.16. The number of hydrogen-bond donors (Lipinski definition) is 1. The molecule has 0 N–H and O–H groups in total. The Morgan fingerprint density at radius 1 is 1.20 bits per heavy atom. The number of likely N-dealkylation sites (N-methyl/N-ethyl adjacent to an activating group) is 1. The third-order valence-corrected chi connectivity index (χ3v) is 3.38. The number of quaternary nitrogens is 1. The fourth-order valence-corrected chi connectivity index (χ4v) is 1.84. The Bertz CT molecular complexity index is 173. The highest BCUT2D eigenvalue weighted by atomic mass is 32.1. The van der Waals surface area contributed by atoms with E-state index < -0.39 is 0 Å². The fourth-order valence-electron chi connectivity index (χ4n) is 1.66. The molecule has 0 aromatic carbocycles. The number of ether oxygens (including phenoxy) is 1. The third kappa shape index (κ3) is 5.42. The van der Waals surface area contributed by atoms with E-state index in [1.54, 1.807) is 0 Å². The van der Waals surface area contributed by atoms with Crippen molar-refractivity contribution in [3.05, 3.63) is 0 Å². The molecule has 90 valence electrons. The first-order valence-electron chi connectivity index (χ1n) is 5.75. The van der Waals surface area contributed by atoms with E-state index in [4.69, 9.17) is 4.74 Å². The van der Waals surface area contributed by atoms with E-state index in [1.807, 2.05) is 0 Å². The maximum atomic E-state index is 11.1. The normalized spacial score (nSPS) is 11.5. The number of carbonyl (C=O) groups excluding carboxylic acids is 1. The van der Waals surface area contributed by atoms with E-state index in [0.29, 0.717) is 18.8 Å². The summed E-state index contributed by atoms with van der Waals surface area (Å²) < 4.78 is 6.16. The Kier molecular flexibility index (Phi) is 7.88. The van der Waals surface area contributed by atoms with Crippen molar-refractivity contribution in [2.24, 2.45) is 0 Å². The van der Waals surface area contributed by atoms with Crippen molar-refractivity contribution in [1.29, 1.82) is 0 Å². The minimum absolute atomic E-state index is 0.133. The summed E-state index contributed by atoms with van der Waals surface area (Å²) in [5.74, 6) is 0.431. The van der Waals surface area contributed by atoms with Crippen LogP contribution < -0.4 is 0 Å². The Morgan fingerprint density at radius 3 is 2.13 bits per heavy atom. The summed E-state index contributed by atoms with van der Waals surface area (Å²) in [5.41, 5.74) is 0. The molecule has 0 aliphatic heterocycles. The topological polar surface area (TPSA) is 26.3 Å². The maximum Gasteiger partial charge on any atom is 0.306 e. The Hall–Kier alpha value is -0.220. The van der Waals surface area contributed by atoms with Crippen LogP contribution >= 0.6 is 12.6 Å². The number of nitrogens with zero attached hydrogens (tertiary/aromatic N) is 1. The lowest BCUT2D eigenvalue weighted by atomic mass is 10.3.